The Kier molecular flexibility index (Phi) is 3.42. The summed E-state index contributed by atoms with van der Waals surface area (Å²) in [6.45, 7) is 6.18. The summed E-state index contributed by atoms with van der Waals surface area (Å²) in [4.78, 5) is 0. The second-order valence-electron chi connectivity index (χ2n) is 6.23. The van der Waals surface area contributed by atoms with Gasteiger partial charge in [0.05, 0.1) is 12.2 Å². The fraction of sp³-hybridized carbons (Fsp3) is 1.00. The molecule has 4 unspecified atom stereocenters. The van der Waals surface area contributed by atoms with Crippen LogP contribution in [-0.4, -0.2) is 38.0 Å². The lowest BCUT2D eigenvalue weighted by atomic mass is 9.75. The second kappa shape index (κ2) is 4.87. The third-order valence-electron chi connectivity index (χ3n) is 4.96. The van der Waals surface area contributed by atoms with E-state index in [-0.39, 0.29) is 5.60 Å². The molecule has 98 valence electrons. The van der Waals surface area contributed by atoms with Crippen LogP contribution in [0, 0.1) is 11.8 Å². The lowest BCUT2D eigenvalue weighted by molar-refractivity contribution is -0.108. The van der Waals surface area contributed by atoms with Crippen LogP contribution in [0.1, 0.15) is 39.0 Å². The fourth-order valence-corrected chi connectivity index (χ4v) is 3.75. The molecule has 1 N–H and O–H groups in total. The molecule has 3 aliphatic heterocycles. The molecule has 3 aliphatic rings. The highest BCUT2D eigenvalue weighted by Gasteiger charge is 2.43. The first kappa shape index (κ1) is 11.9. The van der Waals surface area contributed by atoms with Crippen LogP contribution in [0.4, 0.5) is 0 Å². The molecule has 3 heteroatoms. The van der Waals surface area contributed by atoms with Gasteiger partial charge < -0.3 is 14.8 Å². The second-order valence-corrected chi connectivity index (χ2v) is 6.23. The fourth-order valence-electron chi connectivity index (χ4n) is 3.75. The van der Waals surface area contributed by atoms with Crippen molar-refractivity contribution in [3.63, 3.8) is 0 Å². The number of rotatable bonds is 1. The molecule has 3 saturated heterocycles. The van der Waals surface area contributed by atoms with Gasteiger partial charge in [-0.05, 0) is 51.0 Å². The predicted molar refractivity (Wildman–Crippen MR) is 67.0 cm³/mol. The first-order valence-corrected chi connectivity index (χ1v) is 7.22. The summed E-state index contributed by atoms with van der Waals surface area (Å²) in [5.74, 6) is 1.72. The number of hydrogen-bond donors (Lipinski definition) is 1. The van der Waals surface area contributed by atoms with Crippen molar-refractivity contribution >= 4 is 0 Å². The van der Waals surface area contributed by atoms with E-state index in [1.807, 2.05) is 0 Å². The zero-order valence-electron chi connectivity index (χ0n) is 10.9. The van der Waals surface area contributed by atoms with Crippen molar-refractivity contribution in [1.82, 2.24) is 5.32 Å². The molecule has 0 aromatic rings. The van der Waals surface area contributed by atoms with Crippen molar-refractivity contribution in [1.29, 1.82) is 0 Å². The maximum absolute atomic E-state index is 6.02. The topological polar surface area (TPSA) is 30.5 Å². The van der Waals surface area contributed by atoms with Gasteiger partial charge in [-0.3, -0.25) is 0 Å². The summed E-state index contributed by atoms with van der Waals surface area (Å²) >= 11 is 0. The minimum atomic E-state index is 0.0893. The molecule has 0 saturated carbocycles. The van der Waals surface area contributed by atoms with Crippen molar-refractivity contribution in [3.8, 4) is 0 Å². The zero-order chi connectivity index (χ0) is 11.7. The van der Waals surface area contributed by atoms with Crippen LogP contribution in [0.3, 0.4) is 0 Å². The van der Waals surface area contributed by atoms with Crippen molar-refractivity contribution in [2.75, 3.05) is 26.4 Å². The van der Waals surface area contributed by atoms with Crippen LogP contribution in [0.25, 0.3) is 0 Å². The number of ether oxygens (including phenoxy) is 2. The summed E-state index contributed by atoms with van der Waals surface area (Å²) < 4.78 is 11.6. The molecule has 0 aromatic heterocycles. The Hall–Kier alpha value is -0.120. The van der Waals surface area contributed by atoms with Gasteiger partial charge in [0.1, 0.15) is 0 Å². The summed E-state index contributed by atoms with van der Waals surface area (Å²) in [5.41, 5.74) is 0.0893. The average molecular weight is 239 g/mol. The molecule has 0 amide bonds. The monoisotopic (exact) mass is 239 g/mol. The minimum Gasteiger partial charge on any atom is -0.378 e. The zero-order valence-corrected chi connectivity index (χ0v) is 10.9. The van der Waals surface area contributed by atoms with E-state index in [1.54, 1.807) is 0 Å². The minimum absolute atomic E-state index is 0.0893. The Morgan fingerprint density at radius 2 is 2.06 bits per heavy atom. The lowest BCUT2D eigenvalue weighted by Gasteiger charge is -2.42. The van der Waals surface area contributed by atoms with Crippen LogP contribution < -0.4 is 5.32 Å². The van der Waals surface area contributed by atoms with Gasteiger partial charge in [-0.1, -0.05) is 0 Å². The smallest absolute Gasteiger partial charge is 0.0939 e. The van der Waals surface area contributed by atoms with E-state index in [1.165, 1.54) is 32.2 Å². The largest absolute Gasteiger partial charge is 0.378 e. The van der Waals surface area contributed by atoms with E-state index in [4.69, 9.17) is 9.47 Å². The average Bonchev–Trinajstić information content (AvgIpc) is 2.78. The SMILES string of the molecule is CC1CCC(C2CCOC3(CCOC3)C2)CN1. The molecule has 1 spiro atoms. The normalized spacial score (nSPS) is 47.5. The van der Waals surface area contributed by atoms with Gasteiger partial charge in [0.2, 0.25) is 0 Å². The van der Waals surface area contributed by atoms with E-state index < -0.39 is 0 Å². The molecule has 0 aromatic carbocycles. The predicted octanol–water partition coefficient (Wildman–Crippen LogP) is 1.96. The van der Waals surface area contributed by atoms with Crippen LogP contribution >= 0.6 is 0 Å². The molecular weight excluding hydrogens is 214 g/mol. The molecule has 3 fully saturated rings. The standard InChI is InChI=1S/C14H25NO2/c1-11-2-3-13(9-15-11)12-4-6-17-14(8-12)5-7-16-10-14/h11-13,15H,2-10H2,1H3. The van der Waals surface area contributed by atoms with Gasteiger partial charge >= 0.3 is 0 Å². The Labute approximate surface area is 104 Å². The molecule has 0 aliphatic carbocycles. The Morgan fingerprint density at radius 1 is 1.12 bits per heavy atom. The summed E-state index contributed by atoms with van der Waals surface area (Å²) in [5, 5.41) is 3.64. The Balaban J connectivity index is 1.60. The third kappa shape index (κ3) is 2.51. The molecule has 3 rings (SSSR count). The third-order valence-corrected chi connectivity index (χ3v) is 4.96. The van der Waals surface area contributed by atoms with Crippen molar-refractivity contribution in [3.05, 3.63) is 0 Å². The maximum Gasteiger partial charge on any atom is 0.0939 e. The molecule has 0 bridgehead atoms. The molecular formula is C14H25NO2. The van der Waals surface area contributed by atoms with E-state index in [2.05, 4.69) is 12.2 Å². The van der Waals surface area contributed by atoms with E-state index in [9.17, 15) is 0 Å². The first-order valence-electron chi connectivity index (χ1n) is 7.22. The number of nitrogens with one attached hydrogen (secondary N) is 1. The highest BCUT2D eigenvalue weighted by molar-refractivity contribution is 4.93. The van der Waals surface area contributed by atoms with Crippen LogP contribution in [-0.2, 0) is 9.47 Å². The number of hydrogen-bond acceptors (Lipinski definition) is 3. The van der Waals surface area contributed by atoms with Crippen molar-refractivity contribution in [2.45, 2.75) is 50.7 Å². The highest BCUT2D eigenvalue weighted by Crippen LogP contribution is 2.40. The molecule has 3 heterocycles. The molecule has 4 atom stereocenters. The molecule has 0 radical (unpaired) electrons. The van der Waals surface area contributed by atoms with Crippen LogP contribution in [0.5, 0.6) is 0 Å². The van der Waals surface area contributed by atoms with Gasteiger partial charge in [-0.25, -0.2) is 0 Å². The van der Waals surface area contributed by atoms with Crippen LogP contribution in [0.15, 0.2) is 0 Å². The summed E-state index contributed by atoms with van der Waals surface area (Å²) in [6.07, 6.45) is 6.33. The van der Waals surface area contributed by atoms with Gasteiger partial charge in [0.15, 0.2) is 0 Å². The van der Waals surface area contributed by atoms with Gasteiger partial charge in [0, 0.05) is 25.7 Å². The van der Waals surface area contributed by atoms with E-state index in [0.29, 0.717) is 0 Å². The number of piperidine rings is 1. The Morgan fingerprint density at radius 3 is 2.76 bits per heavy atom. The highest BCUT2D eigenvalue weighted by atomic mass is 16.6. The van der Waals surface area contributed by atoms with Crippen LogP contribution in [0.2, 0.25) is 0 Å². The van der Waals surface area contributed by atoms with Gasteiger partial charge in [0.25, 0.3) is 0 Å². The van der Waals surface area contributed by atoms with Crippen molar-refractivity contribution in [2.24, 2.45) is 11.8 Å². The van der Waals surface area contributed by atoms with Gasteiger partial charge in [-0.15, -0.1) is 0 Å². The van der Waals surface area contributed by atoms with E-state index >= 15 is 0 Å². The summed E-state index contributed by atoms with van der Waals surface area (Å²) in [6, 6.07) is 0.717. The summed E-state index contributed by atoms with van der Waals surface area (Å²) in [7, 11) is 0. The Bertz CT molecular complexity index is 255. The quantitative estimate of drug-likeness (QED) is 0.759. The maximum atomic E-state index is 6.02. The van der Waals surface area contributed by atoms with Crippen molar-refractivity contribution < 1.29 is 9.47 Å². The van der Waals surface area contributed by atoms with E-state index in [0.717, 1.165) is 44.1 Å². The molecule has 17 heavy (non-hydrogen) atoms. The first-order chi connectivity index (χ1) is 8.27. The molecule has 3 nitrogen and oxygen atoms in total. The lowest BCUT2D eigenvalue weighted by Crippen LogP contribution is -2.46. The van der Waals surface area contributed by atoms with Gasteiger partial charge in [-0.2, -0.15) is 0 Å².